The average Bonchev–Trinajstić information content (AvgIpc) is 3.23. The van der Waals surface area contributed by atoms with Gasteiger partial charge in [-0.1, -0.05) is 23.7 Å². The summed E-state index contributed by atoms with van der Waals surface area (Å²) in [4.78, 5) is 14.7. The van der Waals surface area contributed by atoms with Gasteiger partial charge in [0.15, 0.2) is 0 Å². The fourth-order valence-electron chi connectivity index (χ4n) is 2.31. The topological polar surface area (TPSA) is 32.3 Å². The largest absolute Gasteiger partial charge is 0.354 e. The first-order valence-electron chi connectivity index (χ1n) is 7.52. The lowest BCUT2D eigenvalue weighted by atomic mass is 9.93. The van der Waals surface area contributed by atoms with Crippen molar-refractivity contribution in [1.29, 1.82) is 0 Å². The van der Waals surface area contributed by atoms with Crippen molar-refractivity contribution in [2.45, 2.75) is 38.1 Å². The first kappa shape index (κ1) is 16.3. The second-order valence-corrected chi connectivity index (χ2v) is 7.23. The fraction of sp³-hybridized carbons (Fsp3) is 0.588. The molecule has 1 aliphatic rings. The molecule has 4 heteroatoms. The van der Waals surface area contributed by atoms with E-state index in [-0.39, 0.29) is 17.4 Å². The molecule has 2 rings (SSSR count). The van der Waals surface area contributed by atoms with Crippen molar-refractivity contribution in [3.8, 4) is 0 Å². The zero-order valence-corrected chi connectivity index (χ0v) is 14.1. The molecule has 0 aromatic heterocycles. The minimum atomic E-state index is -0.0518. The van der Waals surface area contributed by atoms with Crippen LogP contribution in [0.15, 0.2) is 24.3 Å². The molecule has 1 aromatic rings. The fourth-order valence-corrected chi connectivity index (χ4v) is 2.43. The predicted octanol–water partition coefficient (Wildman–Crippen LogP) is 3.29. The number of nitrogens with one attached hydrogen (secondary N) is 1. The number of carbonyl (C=O) groups excluding carboxylic acids is 1. The second-order valence-electron chi connectivity index (χ2n) is 6.79. The maximum Gasteiger partial charge on any atom is 0.227 e. The van der Waals surface area contributed by atoms with Gasteiger partial charge in [0.2, 0.25) is 5.91 Å². The monoisotopic (exact) mass is 308 g/mol. The smallest absolute Gasteiger partial charge is 0.227 e. The zero-order valence-electron chi connectivity index (χ0n) is 13.3. The van der Waals surface area contributed by atoms with Crippen LogP contribution in [0, 0.1) is 5.92 Å². The molecule has 0 spiro atoms. The highest BCUT2D eigenvalue weighted by molar-refractivity contribution is 6.30. The summed E-state index contributed by atoms with van der Waals surface area (Å²) >= 11 is 5.94. The summed E-state index contributed by atoms with van der Waals surface area (Å²) in [6, 6.07) is 7.68. The van der Waals surface area contributed by atoms with Crippen molar-refractivity contribution in [2.24, 2.45) is 5.92 Å². The number of halogens is 1. The molecule has 21 heavy (non-hydrogen) atoms. The van der Waals surface area contributed by atoms with Gasteiger partial charge in [-0.3, -0.25) is 4.79 Å². The minimum Gasteiger partial charge on any atom is -0.354 e. The number of likely N-dealkylation sites (N-methyl/N-ethyl adjacent to an activating group) is 1. The van der Waals surface area contributed by atoms with Crippen LogP contribution in [0.3, 0.4) is 0 Å². The third-order valence-corrected chi connectivity index (χ3v) is 4.76. The number of carbonyl (C=O) groups is 1. The number of nitrogens with zero attached hydrogens (tertiary/aromatic N) is 1. The summed E-state index contributed by atoms with van der Waals surface area (Å²) in [5.41, 5.74) is 1.02. The van der Waals surface area contributed by atoms with E-state index < -0.39 is 0 Å². The van der Waals surface area contributed by atoms with Crippen molar-refractivity contribution < 1.29 is 4.79 Å². The van der Waals surface area contributed by atoms with E-state index in [0.29, 0.717) is 17.5 Å². The number of amides is 1. The molecule has 1 aromatic carbocycles. The van der Waals surface area contributed by atoms with Gasteiger partial charge >= 0.3 is 0 Å². The molecule has 0 aliphatic heterocycles. The molecular weight excluding hydrogens is 284 g/mol. The molecule has 0 heterocycles. The first-order valence-corrected chi connectivity index (χ1v) is 7.89. The summed E-state index contributed by atoms with van der Waals surface area (Å²) in [6.45, 7) is 4.90. The number of hydrogen-bond donors (Lipinski definition) is 1. The summed E-state index contributed by atoms with van der Waals surface area (Å²) < 4.78 is 0. The Bertz CT molecular complexity index is 492. The van der Waals surface area contributed by atoms with Crippen LogP contribution in [0.25, 0.3) is 0 Å². The highest BCUT2D eigenvalue weighted by atomic mass is 35.5. The number of hydrogen-bond acceptors (Lipinski definition) is 2. The van der Waals surface area contributed by atoms with Gasteiger partial charge in [0, 0.05) is 17.1 Å². The van der Waals surface area contributed by atoms with E-state index in [0.717, 1.165) is 18.4 Å². The molecule has 0 radical (unpaired) electrons. The molecule has 116 valence electrons. The Morgan fingerprint density at radius 2 is 1.90 bits per heavy atom. The Morgan fingerprint density at radius 1 is 1.33 bits per heavy atom. The van der Waals surface area contributed by atoms with Gasteiger partial charge in [-0.25, -0.2) is 0 Å². The van der Waals surface area contributed by atoms with Crippen molar-refractivity contribution in [3.05, 3.63) is 34.9 Å². The zero-order chi connectivity index (χ0) is 15.6. The van der Waals surface area contributed by atoms with Crippen LogP contribution in [0.1, 0.15) is 38.2 Å². The minimum absolute atomic E-state index is 0.0415. The van der Waals surface area contributed by atoms with Gasteiger partial charge < -0.3 is 10.2 Å². The van der Waals surface area contributed by atoms with Crippen molar-refractivity contribution in [3.63, 3.8) is 0 Å². The molecule has 1 atom stereocenters. The SMILES string of the molecule is CN(C)C(C)(C)CNC(=O)C(c1ccc(Cl)cc1)C1CC1. The Kier molecular flexibility index (Phi) is 4.95. The Hall–Kier alpha value is -1.06. The summed E-state index contributed by atoms with van der Waals surface area (Å²) in [7, 11) is 4.06. The highest BCUT2D eigenvalue weighted by Crippen LogP contribution is 2.43. The first-order chi connectivity index (χ1) is 9.81. The van der Waals surface area contributed by atoms with Crippen molar-refractivity contribution in [2.75, 3.05) is 20.6 Å². The lowest BCUT2D eigenvalue weighted by molar-refractivity contribution is -0.123. The lowest BCUT2D eigenvalue weighted by Gasteiger charge is -2.33. The summed E-state index contributed by atoms with van der Waals surface area (Å²) in [5, 5.41) is 3.84. The molecule has 1 unspecified atom stereocenters. The van der Waals surface area contributed by atoms with Gasteiger partial charge in [0.05, 0.1) is 5.92 Å². The van der Waals surface area contributed by atoms with Crippen LogP contribution in [-0.2, 0) is 4.79 Å². The molecule has 1 fully saturated rings. The maximum atomic E-state index is 12.6. The molecule has 0 bridgehead atoms. The van der Waals surface area contributed by atoms with Gasteiger partial charge in [0.1, 0.15) is 0 Å². The molecule has 1 N–H and O–H groups in total. The predicted molar refractivity (Wildman–Crippen MR) is 87.7 cm³/mol. The standard InChI is InChI=1S/C17H25ClN2O/c1-17(2,20(3)4)11-19-16(21)15(12-5-6-12)13-7-9-14(18)10-8-13/h7-10,12,15H,5-6,11H2,1-4H3,(H,19,21). The third kappa shape index (κ3) is 4.21. The normalized spacial score (nSPS) is 16.9. The summed E-state index contributed by atoms with van der Waals surface area (Å²) in [5.74, 6) is 0.573. The molecule has 1 saturated carbocycles. The van der Waals surface area contributed by atoms with Gasteiger partial charge in [-0.2, -0.15) is 0 Å². The van der Waals surface area contributed by atoms with E-state index in [2.05, 4.69) is 24.1 Å². The van der Waals surface area contributed by atoms with E-state index in [1.807, 2.05) is 38.4 Å². The van der Waals surface area contributed by atoms with Crippen LogP contribution in [-0.4, -0.2) is 37.0 Å². The molecule has 0 saturated heterocycles. The van der Waals surface area contributed by atoms with E-state index in [9.17, 15) is 4.79 Å². The van der Waals surface area contributed by atoms with E-state index >= 15 is 0 Å². The Labute approximate surface area is 132 Å². The summed E-state index contributed by atoms with van der Waals surface area (Å²) in [6.07, 6.45) is 2.27. The van der Waals surface area contributed by atoms with Crippen LogP contribution < -0.4 is 5.32 Å². The number of benzene rings is 1. The molecule has 3 nitrogen and oxygen atoms in total. The van der Waals surface area contributed by atoms with E-state index in [1.54, 1.807) is 0 Å². The van der Waals surface area contributed by atoms with Gasteiger partial charge in [0.25, 0.3) is 0 Å². The van der Waals surface area contributed by atoms with E-state index in [4.69, 9.17) is 11.6 Å². The number of rotatable bonds is 6. The molecule has 1 aliphatic carbocycles. The van der Waals surface area contributed by atoms with Crippen molar-refractivity contribution in [1.82, 2.24) is 10.2 Å². The van der Waals surface area contributed by atoms with Crippen molar-refractivity contribution >= 4 is 17.5 Å². The Balaban J connectivity index is 2.05. The van der Waals surface area contributed by atoms with Crippen LogP contribution in [0.5, 0.6) is 0 Å². The highest BCUT2D eigenvalue weighted by Gasteiger charge is 2.37. The van der Waals surface area contributed by atoms with Crippen LogP contribution >= 0.6 is 11.6 Å². The maximum absolute atomic E-state index is 12.6. The molecular formula is C17H25ClN2O. The van der Waals surface area contributed by atoms with Crippen LogP contribution in [0.4, 0.5) is 0 Å². The quantitative estimate of drug-likeness (QED) is 0.874. The molecule has 1 amide bonds. The van der Waals surface area contributed by atoms with Gasteiger partial charge in [-0.05, 0) is 64.4 Å². The van der Waals surface area contributed by atoms with E-state index in [1.165, 1.54) is 0 Å². The van der Waals surface area contributed by atoms with Crippen LogP contribution in [0.2, 0.25) is 5.02 Å². The third-order valence-electron chi connectivity index (χ3n) is 4.51. The second kappa shape index (κ2) is 6.37. The Morgan fingerprint density at radius 3 is 2.38 bits per heavy atom. The lowest BCUT2D eigenvalue weighted by Crippen LogP contribution is -2.49. The van der Waals surface area contributed by atoms with Gasteiger partial charge in [-0.15, -0.1) is 0 Å². The average molecular weight is 309 g/mol.